The lowest BCUT2D eigenvalue weighted by atomic mass is 10.1. The molecule has 0 aromatic heterocycles. The van der Waals surface area contributed by atoms with Gasteiger partial charge >= 0.3 is 0 Å². The molecule has 2 rings (SSSR count). The normalized spacial score (nSPS) is 19.9. The third-order valence-electron chi connectivity index (χ3n) is 2.81. The van der Waals surface area contributed by atoms with E-state index < -0.39 is 0 Å². The summed E-state index contributed by atoms with van der Waals surface area (Å²) in [5.41, 5.74) is 2.05. The number of carbonyl (C=O) groups is 1. The Bertz CT molecular complexity index is 475. The summed E-state index contributed by atoms with van der Waals surface area (Å²) in [5, 5.41) is 0. The Kier molecular flexibility index (Phi) is 3.02. The zero-order chi connectivity index (χ0) is 11.7. The van der Waals surface area contributed by atoms with Crippen LogP contribution in [0.5, 0.6) is 0 Å². The number of rotatable bonds is 1. The predicted molar refractivity (Wildman–Crippen MR) is 68.2 cm³/mol. The molecule has 0 bridgehead atoms. The van der Waals surface area contributed by atoms with Crippen LogP contribution in [0, 0.1) is 25.2 Å². The van der Waals surface area contributed by atoms with E-state index in [1.807, 2.05) is 25.1 Å². The lowest BCUT2D eigenvalue weighted by Gasteiger charge is -2.16. The minimum atomic E-state index is 0.0523. The molecule has 1 aliphatic heterocycles. The third-order valence-corrected chi connectivity index (χ3v) is 3.70. The van der Waals surface area contributed by atoms with Crippen LogP contribution in [0.25, 0.3) is 0 Å². The van der Waals surface area contributed by atoms with Gasteiger partial charge in [-0.05, 0) is 30.7 Å². The average Bonchev–Trinajstić information content (AvgIpc) is 2.64. The van der Waals surface area contributed by atoms with Gasteiger partial charge in [0.1, 0.15) is 0 Å². The van der Waals surface area contributed by atoms with E-state index in [4.69, 9.17) is 6.42 Å². The fourth-order valence-corrected chi connectivity index (χ4v) is 2.11. The first-order valence-corrected chi connectivity index (χ1v) is 5.93. The number of hydrogen-bond acceptors (Lipinski definition) is 1. The van der Waals surface area contributed by atoms with E-state index >= 15 is 0 Å². The van der Waals surface area contributed by atoms with Gasteiger partial charge < -0.3 is 4.90 Å². The lowest BCUT2D eigenvalue weighted by molar-refractivity contribution is -0.117. The Morgan fingerprint density at radius 1 is 1.56 bits per heavy atom. The van der Waals surface area contributed by atoms with Crippen LogP contribution in [0.1, 0.15) is 12.0 Å². The van der Waals surface area contributed by atoms with Gasteiger partial charge in [-0.15, -0.1) is 12.3 Å². The summed E-state index contributed by atoms with van der Waals surface area (Å²) in [5.74, 6) is 2.82. The maximum atomic E-state index is 11.8. The van der Waals surface area contributed by atoms with Crippen LogP contribution in [0.2, 0.25) is 0 Å². The quantitative estimate of drug-likeness (QED) is 0.723. The SMILES string of the molecule is C#CC1CC(=O)N(c2ccc(Br)c(C)c2)C1. The molecule has 1 amide bonds. The third kappa shape index (κ3) is 1.98. The summed E-state index contributed by atoms with van der Waals surface area (Å²) >= 11 is 3.44. The maximum Gasteiger partial charge on any atom is 0.228 e. The Balaban J connectivity index is 2.29. The maximum absolute atomic E-state index is 11.8. The number of benzene rings is 1. The van der Waals surface area contributed by atoms with Crippen molar-refractivity contribution in [3.63, 3.8) is 0 Å². The number of anilines is 1. The molecule has 1 aliphatic rings. The molecule has 1 saturated heterocycles. The minimum Gasteiger partial charge on any atom is -0.311 e. The summed E-state index contributed by atoms with van der Waals surface area (Å²) in [4.78, 5) is 13.5. The van der Waals surface area contributed by atoms with Crippen molar-refractivity contribution >= 4 is 27.5 Å². The van der Waals surface area contributed by atoms with Crippen molar-refractivity contribution in [1.82, 2.24) is 0 Å². The second kappa shape index (κ2) is 4.31. The molecule has 1 aromatic rings. The molecule has 1 heterocycles. The zero-order valence-corrected chi connectivity index (χ0v) is 10.6. The first kappa shape index (κ1) is 11.2. The first-order chi connectivity index (χ1) is 7.61. The number of hydrogen-bond donors (Lipinski definition) is 0. The molecule has 0 saturated carbocycles. The van der Waals surface area contributed by atoms with Gasteiger partial charge in [0.15, 0.2) is 0 Å². The standard InChI is InChI=1S/C13H12BrNO/c1-3-10-7-13(16)15(8-10)11-4-5-12(14)9(2)6-11/h1,4-6,10H,7-8H2,2H3. The first-order valence-electron chi connectivity index (χ1n) is 5.14. The fraction of sp³-hybridized carbons (Fsp3) is 0.308. The van der Waals surface area contributed by atoms with Crippen molar-refractivity contribution in [3.05, 3.63) is 28.2 Å². The van der Waals surface area contributed by atoms with E-state index in [1.165, 1.54) is 0 Å². The Morgan fingerprint density at radius 3 is 2.88 bits per heavy atom. The fourth-order valence-electron chi connectivity index (χ4n) is 1.87. The number of carbonyl (C=O) groups excluding carboxylic acids is 1. The summed E-state index contributed by atoms with van der Waals surface area (Å²) in [6.07, 6.45) is 5.82. The van der Waals surface area contributed by atoms with Gasteiger partial charge in [0.25, 0.3) is 0 Å². The molecule has 0 radical (unpaired) electrons. The van der Waals surface area contributed by atoms with Crippen molar-refractivity contribution in [2.75, 3.05) is 11.4 Å². The molecule has 1 fully saturated rings. The topological polar surface area (TPSA) is 20.3 Å². The van der Waals surface area contributed by atoms with E-state index in [1.54, 1.807) is 4.90 Å². The molecule has 82 valence electrons. The molecule has 1 aromatic carbocycles. The van der Waals surface area contributed by atoms with E-state index in [0.717, 1.165) is 15.7 Å². The number of aryl methyl sites for hydroxylation is 1. The smallest absolute Gasteiger partial charge is 0.228 e. The van der Waals surface area contributed by atoms with E-state index in [0.29, 0.717) is 13.0 Å². The van der Waals surface area contributed by atoms with Gasteiger partial charge in [-0.3, -0.25) is 4.79 Å². The van der Waals surface area contributed by atoms with Crippen molar-refractivity contribution < 1.29 is 4.79 Å². The Hall–Kier alpha value is -1.27. The summed E-state index contributed by atoms with van der Waals surface area (Å²) < 4.78 is 1.05. The zero-order valence-electron chi connectivity index (χ0n) is 9.03. The molecule has 3 heteroatoms. The number of amides is 1. The summed E-state index contributed by atoms with van der Waals surface area (Å²) in [7, 11) is 0. The number of nitrogens with zero attached hydrogens (tertiary/aromatic N) is 1. The Labute approximate surface area is 104 Å². The molecule has 1 atom stereocenters. The minimum absolute atomic E-state index is 0.0523. The highest BCUT2D eigenvalue weighted by molar-refractivity contribution is 9.10. The predicted octanol–water partition coefficient (Wildman–Crippen LogP) is 2.74. The lowest BCUT2D eigenvalue weighted by Crippen LogP contribution is -2.24. The van der Waals surface area contributed by atoms with Crippen LogP contribution < -0.4 is 4.90 Å². The van der Waals surface area contributed by atoms with E-state index in [-0.39, 0.29) is 11.8 Å². The van der Waals surface area contributed by atoms with Gasteiger partial charge in [0.05, 0.1) is 0 Å². The van der Waals surface area contributed by atoms with Gasteiger partial charge in [-0.1, -0.05) is 15.9 Å². The van der Waals surface area contributed by atoms with Crippen molar-refractivity contribution in [2.24, 2.45) is 5.92 Å². The molecular formula is C13H12BrNO. The highest BCUT2D eigenvalue weighted by atomic mass is 79.9. The number of halogens is 1. The second-order valence-corrected chi connectivity index (χ2v) is 4.86. The monoisotopic (exact) mass is 277 g/mol. The highest BCUT2D eigenvalue weighted by Crippen LogP contribution is 2.28. The highest BCUT2D eigenvalue weighted by Gasteiger charge is 2.29. The largest absolute Gasteiger partial charge is 0.311 e. The van der Waals surface area contributed by atoms with Crippen molar-refractivity contribution in [3.8, 4) is 12.3 Å². The molecule has 1 unspecified atom stereocenters. The second-order valence-electron chi connectivity index (χ2n) is 4.01. The summed E-state index contributed by atoms with van der Waals surface area (Å²) in [6, 6.07) is 5.90. The van der Waals surface area contributed by atoms with Gasteiger partial charge in [-0.2, -0.15) is 0 Å². The van der Waals surface area contributed by atoms with Crippen LogP contribution in [-0.4, -0.2) is 12.5 Å². The molecular weight excluding hydrogens is 266 g/mol. The van der Waals surface area contributed by atoms with Gasteiger partial charge in [0.2, 0.25) is 5.91 Å². The van der Waals surface area contributed by atoms with Crippen LogP contribution in [-0.2, 0) is 4.79 Å². The molecule has 0 aliphatic carbocycles. The van der Waals surface area contributed by atoms with Gasteiger partial charge in [-0.25, -0.2) is 0 Å². The van der Waals surface area contributed by atoms with E-state index in [2.05, 4.69) is 21.9 Å². The van der Waals surface area contributed by atoms with Gasteiger partial charge in [0, 0.05) is 29.0 Å². The number of terminal acetylenes is 1. The molecule has 0 spiro atoms. The molecule has 16 heavy (non-hydrogen) atoms. The summed E-state index contributed by atoms with van der Waals surface area (Å²) in [6.45, 7) is 2.64. The van der Waals surface area contributed by atoms with Crippen LogP contribution >= 0.6 is 15.9 Å². The van der Waals surface area contributed by atoms with Crippen LogP contribution in [0.4, 0.5) is 5.69 Å². The van der Waals surface area contributed by atoms with Crippen molar-refractivity contribution in [2.45, 2.75) is 13.3 Å². The molecule has 2 nitrogen and oxygen atoms in total. The molecule has 0 N–H and O–H groups in total. The Morgan fingerprint density at radius 2 is 2.31 bits per heavy atom. The van der Waals surface area contributed by atoms with Crippen LogP contribution in [0.3, 0.4) is 0 Å². The van der Waals surface area contributed by atoms with E-state index in [9.17, 15) is 4.79 Å². The van der Waals surface area contributed by atoms with Crippen molar-refractivity contribution in [1.29, 1.82) is 0 Å². The average molecular weight is 278 g/mol. The van der Waals surface area contributed by atoms with Crippen LogP contribution in [0.15, 0.2) is 22.7 Å².